The minimum Gasteiger partial charge on any atom is -0.462 e. The fourth-order valence-electron chi connectivity index (χ4n) is 7.75. The third-order valence-electron chi connectivity index (χ3n) is 8.80. The third-order valence-corrected chi connectivity index (χ3v) is 8.80. The SMILES string of the molecule is CC(=O)O[C@H]1CC[C@@]2(C)C(=CCC3C2CC[C@]2(C)C([C@@H](C)O)=C(C)CC32)C1. The van der Waals surface area contributed by atoms with E-state index in [9.17, 15) is 9.90 Å². The molecule has 3 nitrogen and oxygen atoms in total. The van der Waals surface area contributed by atoms with E-state index in [1.807, 2.05) is 6.92 Å². The van der Waals surface area contributed by atoms with E-state index < -0.39 is 0 Å². The Balaban J connectivity index is 1.61. The minimum atomic E-state index is -0.319. The Kier molecular flexibility index (Phi) is 4.61. The first kappa shape index (κ1) is 19.2. The van der Waals surface area contributed by atoms with Crippen molar-refractivity contribution in [3.8, 4) is 0 Å². The molecule has 0 aromatic heterocycles. The fourth-order valence-corrected chi connectivity index (χ4v) is 7.75. The van der Waals surface area contributed by atoms with Crippen LogP contribution in [0.15, 0.2) is 22.8 Å². The van der Waals surface area contributed by atoms with Crippen molar-refractivity contribution in [3.05, 3.63) is 22.8 Å². The summed E-state index contributed by atoms with van der Waals surface area (Å²) in [5.74, 6) is 1.97. The monoisotopic (exact) mass is 372 g/mol. The van der Waals surface area contributed by atoms with E-state index in [0.717, 1.165) is 38.0 Å². The lowest BCUT2D eigenvalue weighted by molar-refractivity contribution is -0.148. The number of fused-ring (bicyclic) bond motifs is 5. The molecule has 4 rings (SSSR count). The molecule has 0 spiro atoms. The fraction of sp³-hybridized carbons (Fsp3) is 0.792. The average Bonchev–Trinajstić information content (AvgIpc) is 2.85. The Labute approximate surface area is 164 Å². The highest BCUT2D eigenvalue weighted by molar-refractivity contribution is 5.66. The Morgan fingerprint density at radius 1 is 1.19 bits per heavy atom. The van der Waals surface area contributed by atoms with E-state index in [1.165, 1.54) is 30.9 Å². The van der Waals surface area contributed by atoms with Crippen molar-refractivity contribution in [2.45, 2.75) is 91.8 Å². The first-order valence-corrected chi connectivity index (χ1v) is 10.9. The number of aliphatic hydroxyl groups excluding tert-OH is 1. The van der Waals surface area contributed by atoms with Crippen LogP contribution in [0.5, 0.6) is 0 Å². The maximum atomic E-state index is 11.4. The molecule has 27 heavy (non-hydrogen) atoms. The van der Waals surface area contributed by atoms with Crippen molar-refractivity contribution >= 4 is 5.97 Å². The maximum Gasteiger partial charge on any atom is 0.302 e. The third kappa shape index (κ3) is 2.84. The van der Waals surface area contributed by atoms with Gasteiger partial charge in [-0.25, -0.2) is 0 Å². The van der Waals surface area contributed by atoms with Crippen molar-refractivity contribution < 1.29 is 14.6 Å². The summed E-state index contributed by atoms with van der Waals surface area (Å²) in [6.45, 7) is 10.6. The van der Waals surface area contributed by atoms with Gasteiger partial charge < -0.3 is 9.84 Å². The van der Waals surface area contributed by atoms with Gasteiger partial charge in [0.2, 0.25) is 0 Å². The molecule has 2 saturated carbocycles. The van der Waals surface area contributed by atoms with E-state index in [-0.39, 0.29) is 29.0 Å². The molecule has 150 valence electrons. The summed E-state index contributed by atoms with van der Waals surface area (Å²) in [4.78, 5) is 11.4. The van der Waals surface area contributed by atoms with Gasteiger partial charge >= 0.3 is 5.97 Å². The van der Waals surface area contributed by atoms with Crippen LogP contribution in [0.2, 0.25) is 0 Å². The van der Waals surface area contributed by atoms with Crippen LogP contribution in [0.25, 0.3) is 0 Å². The van der Waals surface area contributed by atoms with Crippen molar-refractivity contribution in [1.29, 1.82) is 0 Å². The van der Waals surface area contributed by atoms with Gasteiger partial charge in [0.05, 0.1) is 6.10 Å². The Morgan fingerprint density at radius 2 is 1.89 bits per heavy atom. The van der Waals surface area contributed by atoms with Crippen molar-refractivity contribution in [3.63, 3.8) is 0 Å². The van der Waals surface area contributed by atoms with Crippen LogP contribution in [0.4, 0.5) is 0 Å². The number of rotatable bonds is 2. The summed E-state index contributed by atoms with van der Waals surface area (Å²) in [7, 11) is 0. The zero-order chi connectivity index (χ0) is 19.6. The summed E-state index contributed by atoms with van der Waals surface area (Å²) in [6.07, 6.45) is 10.1. The quantitative estimate of drug-likeness (QED) is 0.536. The number of hydrogen-bond donors (Lipinski definition) is 1. The zero-order valence-electron chi connectivity index (χ0n) is 17.7. The number of carbonyl (C=O) groups excluding carboxylic acids is 1. The molecule has 1 N–H and O–H groups in total. The summed E-state index contributed by atoms with van der Waals surface area (Å²) in [5.41, 5.74) is 4.77. The van der Waals surface area contributed by atoms with Gasteiger partial charge in [0, 0.05) is 13.3 Å². The summed E-state index contributed by atoms with van der Waals surface area (Å²) < 4.78 is 5.55. The van der Waals surface area contributed by atoms with E-state index in [2.05, 4.69) is 26.8 Å². The Bertz CT molecular complexity index is 702. The molecule has 7 atom stereocenters. The lowest BCUT2D eigenvalue weighted by atomic mass is 9.47. The molecule has 4 aliphatic rings. The molecule has 3 unspecified atom stereocenters. The van der Waals surface area contributed by atoms with Crippen LogP contribution in [0.3, 0.4) is 0 Å². The van der Waals surface area contributed by atoms with E-state index in [1.54, 1.807) is 5.57 Å². The normalized spacial score (nSPS) is 44.7. The van der Waals surface area contributed by atoms with Gasteiger partial charge in [0.25, 0.3) is 0 Å². The average molecular weight is 373 g/mol. The first-order chi connectivity index (χ1) is 12.7. The number of hydrogen-bond acceptors (Lipinski definition) is 3. The minimum absolute atomic E-state index is 0.0736. The van der Waals surface area contributed by atoms with Crippen LogP contribution in [-0.2, 0) is 9.53 Å². The molecule has 3 heteroatoms. The molecule has 0 bridgehead atoms. The van der Waals surface area contributed by atoms with E-state index >= 15 is 0 Å². The van der Waals surface area contributed by atoms with Gasteiger partial charge in [-0.05, 0) is 86.5 Å². The lowest BCUT2D eigenvalue weighted by Crippen LogP contribution is -2.50. The van der Waals surface area contributed by atoms with Gasteiger partial charge in [0.1, 0.15) is 6.10 Å². The second-order valence-electron chi connectivity index (χ2n) is 10.3. The summed E-state index contributed by atoms with van der Waals surface area (Å²) in [5, 5.41) is 10.5. The van der Waals surface area contributed by atoms with Crippen molar-refractivity contribution in [2.75, 3.05) is 0 Å². The van der Waals surface area contributed by atoms with Gasteiger partial charge in [-0.15, -0.1) is 0 Å². The molecular formula is C24H36O3. The highest BCUT2D eigenvalue weighted by Gasteiger charge is 2.58. The molecule has 0 saturated heterocycles. The smallest absolute Gasteiger partial charge is 0.302 e. The van der Waals surface area contributed by atoms with Gasteiger partial charge in [-0.2, -0.15) is 0 Å². The van der Waals surface area contributed by atoms with Crippen LogP contribution in [0, 0.1) is 28.6 Å². The molecule has 0 radical (unpaired) electrons. The summed E-state index contributed by atoms with van der Waals surface area (Å²) >= 11 is 0. The second-order valence-corrected chi connectivity index (χ2v) is 10.3. The second kappa shape index (κ2) is 6.47. The van der Waals surface area contributed by atoms with Gasteiger partial charge in [-0.3, -0.25) is 4.79 Å². The molecule has 4 aliphatic carbocycles. The zero-order valence-corrected chi connectivity index (χ0v) is 17.7. The van der Waals surface area contributed by atoms with Crippen LogP contribution < -0.4 is 0 Å². The standard InChI is InChI=1S/C24H36O3/c1-14-12-21-19-7-6-17-13-18(27-16(3)26)8-10-23(17,4)20(19)9-11-24(21,5)22(14)15(2)25/h6,15,18-21,25H,7-13H2,1-5H3/t15-,18+,19?,20?,21?,23+,24+/m1/s1. The molecule has 0 amide bonds. The van der Waals surface area contributed by atoms with Crippen LogP contribution >= 0.6 is 0 Å². The van der Waals surface area contributed by atoms with Crippen LogP contribution in [0.1, 0.15) is 79.6 Å². The Hall–Kier alpha value is -1.09. The number of allylic oxidation sites excluding steroid dienone is 2. The largest absolute Gasteiger partial charge is 0.462 e. The number of carbonyl (C=O) groups is 1. The molecular weight excluding hydrogens is 336 g/mol. The molecule has 0 aliphatic heterocycles. The first-order valence-electron chi connectivity index (χ1n) is 10.9. The highest BCUT2D eigenvalue weighted by atomic mass is 16.5. The Morgan fingerprint density at radius 3 is 2.56 bits per heavy atom. The van der Waals surface area contributed by atoms with Crippen molar-refractivity contribution in [2.24, 2.45) is 28.6 Å². The predicted molar refractivity (Wildman–Crippen MR) is 107 cm³/mol. The van der Waals surface area contributed by atoms with Gasteiger partial charge in [-0.1, -0.05) is 31.1 Å². The molecule has 0 aromatic rings. The molecule has 0 heterocycles. The molecule has 2 fully saturated rings. The van der Waals surface area contributed by atoms with E-state index in [4.69, 9.17) is 4.74 Å². The van der Waals surface area contributed by atoms with Crippen LogP contribution in [-0.4, -0.2) is 23.3 Å². The number of aliphatic hydroxyl groups is 1. The maximum absolute atomic E-state index is 11.4. The summed E-state index contributed by atoms with van der Waals surface area (Å²) in [6, 6.07) is 0. The van der Waals surface area contributed by atoms with Gasteiger partial charge in [0.15, 0.2) is 0 Å². The topological polar surface area (TPSA) is 46.5 Å². The molecule has 0 aromatic carbocycles. The lowest BCUT2D eigenvalue weighted by Gasteiger charge is -2.58. The van der Waals surface area contributed by atoms with E-state index in [0.29, 0.717) is 11.8 Å². The number of ether oxygens (including phenoxy) is 1. The predicted octanol–water partition coefficient (Wildman–Crippen LogP) is 5.19. The highest BCUT2D eigenvalue weighted by Crippen LogP contribution is 2.66. The van der Waals surface area contributed by atoms with Crippen molar-refractivity contribution in [1.82, 2.24) is 0 Å². The number of esters is 1.